The Bertz CT molecular complexity index is 3700. The number of halogens is 2. The van der Waals surface area contributed by atoms with E-state index < -0.39 is 42.5 Å². The van der Waals surface area contributed by atoms with Crippen LogP contribution in [0.4, 0.5) is 0 Å². The summed E-state index contributed by atoms with van der Waals surface area (Å²) < 4.78 is 11.0. The Morgan fingerprint density at radius 3 is 1.29 bits per heavy atom. The third-order valence-corrected chi connectivity index (χ3v) is 20.7. The van der Waals surface area contributed by atoms with Gasteiger partial charge in [-0.1, -0.05) is 177 Å². The Hall–Kier alpha value is -7.80. The molecular formula is C88H107Cl2N3O12. The number of nitrogens with two attached hydrogens (primary N) is 1. The Labute approximate surface area is 630 Å². The van der Waals surface area contributed by atoms with Crippen LogP contribution < -0.4 is 5.73 Å². The molecule has 12 atom stereocenters. The molecule has 6 aromatic carbocycles. The number of hydrogen-bond acceptors (Lipinski definition) is 15. The fourth-order valence-electron chi connectivity index (χ4n) is 14.7. The number of ketones is 2. The van der Waals surface area contributed by atoms with E-state index in [1.54, 1.807) is 18.6 Å². The van der Waals surface area contributed by atoms with Crippen molar-refractivity contribution in [1.29, 1.82) is 0 Å². The maximum Gasteiger partial charge on any atom is 0.306 e. The number of pyridine rings is 2. The summed E-state index contributed by atoms with van der Waals surface area (Å²) in [5.41, 5.74) is 13.9. The van der Waals surface area contributed by atoms with Crippen LogP contribution in [0.1, 0.15) is 172 Å². The predicted octanol–water partition coefficient (Wildman–Crippen LogP) is 15.6. The van der Waals surface area contributed by atoms with Crippen LogP contribution in [0, 0.1) is 23.7 Å². The van der Waals surface area contributed by atoms with Crippen LogP contribution in [0.3, 0.4) is 0 Å². The molecule has 0 bridgehead atoms. The molecule has 2 aliphatic rings. The van der Waals surface area contributed by atoms with Crippen LogP contribution in [0.25, 0.3) is 21.5 Å². The van der Waals surface area contributed by atoms with Crippen molar-refractivity contribution in [2.45, 2.75) is 203 Å². The van der Waals surface area contributed by atoms with E-state index in [0.29, 0.717) is 116 Å². The van der Waals surface area contributed by atoms with Gasteiger partial charge in [0.1, 0.15) is 24.8 Å². The number of alkyl halides is 2. The van der Waals surface area contributed by atoms with Crippen molar-refractivity contribution in [3.63, 3.8) is 0 Å². The minimum Gasteiger partial charge on any atom is -0.461 e. The molecule has 2 aliphatic carbocycles. The van der Waals surface area contributed by atoms with E-state index in [1.165, 1.54) is 11.1 Å². The van der Waals surface area contributed by atoms with Crippen molar-refractivity contribution in [2.75, 3.05) is 11.9 Å². The minimum absolute atomic E-state index is 0.0396. The van der Waals surface area contributed by atoms with Crippen molar-refractivity contribution < 1.29 is 59.3 Å². The molecular weight excluding hydrogens is 1360 g/mol. The van der Waals surface area contributed by atoms with Crippen molar-refractivity contribution in [3.8, 4) is 0 Å². The van der Waals surface area contributed by atoms with Gasteiger partial charge in [0.05, 0.1) is 47.9 Å². The molecule has 0 radical (unpaired) electrons. The number of carbonyl (C=O) groups is 4. The van der Waals surface area contributed by atoms with Gasteiger partial charge in [0.25, 0.3) is 0 Å². The first-order chi connectivity index (χ1) is 51.0. The van der Waals surface area contributed by atoms with E-state index in [4.69, 9.17) is 38.4 Å². The quantitative estimate of drug-likeness (QED) is 0.00821. The van der Waals surface area contributed by atoms with Gasteiger partial charge in [-0.05, 0) is 200 Å². The van der Waals surface area contributed by atoms with Crippen molar-refractivity contribution >= 4 is 68.3 Å². The zero-order chi connectivity index (χ0) is 74.7. The summed E-state index contributed by atoms with van der Waals surface area (Å²) >= 11 is 9.53. The molecule has 2 saturated carbocycles. The number of esters is 2. The summed E-state index contributed by atoms with van der Waals surface area (Å²) in [6, 6.07) is 51.4. The molecule has 8 N–H and O–H groups in total. The SMILES string of the molecule is CCC(C(=O)Cc1ccc2cnccc2c1)c1ccc(COC(=O)CCC/C=C\CC2[C@@H](CC[C@@H](O)CCc3ccccc3)[C@H](O)C[C@@H]2O)cc1.ClCCl.NCC(C(=O)Cc1ccc2cnccc2c1)c1ccc(COC(=O)CCC/C=C\CC2[C@@H](CC[C@@H](O)CCc3ccccc3)[C@H](O)C[C@@H]2O)cc1. The van der Waals surface area contributed by atoms with Gasteiger partial charge in [0.15, 0.2) is 0 Å². The first-order valence-electron chi connectivity index (χ1n) is 37.5. The number of unbranched alkanes of at least 4 members (excludes halogenated alkanes) is 2. The molecule has 2 aromatic heterocycles. The van der Waals surface area contributed by atoms with Crippen LogP contribution >= 0.6 is 23.2 Å². The summed E-state index contributed by atoms with van der Waals surface area (Å²) in [6.07, 6.45) is 24.6. The van der Waals surface area contributed by atoms with E-state index in [-0.39, 0.29) is 78.2 Å². The lowest BCUT2D eigenvalue weighted by Gasteiger charge is -2.23. The van der Waals surface area contributed by atoms with E-state index in [9.17, 15) is 49.8 Å². The Morgan fingerprint density at radius 2 is 0.876 bits per heavy atom. The molecule has 0 amide bonds. The molecule has 15 nitrogen and oxygen atoms in total. The lowest BCUT2D eigenvalue weighted by atomic mass is 9.85. The molecule has 17 heteroatoms. The number of aromatic nitrogens is 2. The molecule has 10 rings (SSSR count). The topological polar surface area (TPSA) is 260 Å². The van der Waals surface area contributed by atoms with Gasteiger partial charge >= 0.3 is 11.9 Å². The molecule has 105 heavy (non-hydrogen) atoms. The third-order valence-electron chi connectivity index (χ3n) is 20.7. The first-order valence-corrected chi connectivity index (χ1v) is 38.6. The van der Waals surface area contributed by atoms with Crippen LogP contribution in [-0.4, -0.2) is 113 Å². The summed E-state index contributed by atoms with van der Waals surface area (Å²) in [6.45, 7) is 2.59. The van der Waals surface area contributed by atoms with Crippen LogP contribution in [0.5, 0.6) is 0 Å². The molecule has 4 unspecified atom stereocenters. The monoisotopic (exact) mass is 1470 g/mol. The second-order valence-electron chi connectivity index (χ2n) is 28.2. The van der Waals surface area contributed by atoms with E-state index in [0.717, 1.165) is 74.2 Å². The second-order valence-corrected chi connectivity index (χ2v) is 29.0. The highest BCUT2D eigenvalue weighted by molar-refractivity contribution is 6.40. The highest BCUT2D eigenvalue weighted by Gasteiger charge is 2.42. The van der Waals surface area contributed by atoms with Gasteiger partial charge in [-0.25, -0.2) is 0 Å². The fraction of sp³-hybridized carbons (Fsp3) is 0.432. The van der Waals surface area contributed by atoms with Crippen LogP contribution in [-0.2, 0) is 67.5 Å². The predicted molar refractivity (Wildman–Crippen MR) is 417 cm³/mol. The zero-order valence-corrected chi connectivity index (χ0v) is 62.1. The van der Waals surface area contributed by atoms with Crippen molar-refractivity contribution in [2.24, 2.45) is 29.4 Å². The van der Waals surface area contributed by atoms with Crippen LogP contribution in [0.15, 0.2) is 207 Å². The van der Waals surface area contributed by atoms with Gasteiger partial charge < -0.3 is 45.8 Å². The van der Waals surface area contributed by atoms with Gasteiger partial charge in [0.2, 0.25) is 0 Å². The molecule has 0 spiro atoms. The number of aryl methyl sites for hydroxylation is 2. The fourth-order valence-corrected chi connectivity index (χ4v) is 14.7. The van der Waals surface area contributed by atoms with Crippen LogP contribution in [0.2, 0.25) is 0 Å². The summed E-state index contributed by atoms with van der Waals surface area (Å²) in [4.78, 5) is 59.5. The van der Waals surface area contributed by atoms with E-state index in [2.05, 4.69) is 40.3 Å². The van der Waals surface area contributed by atoms with Gasteiger partial charge in [-0.3, -0.25) is 29.1 Å². The smallest absolute Gasteiger partial charge is 0.306 e. The Balaban J connectivity index is 0.000000256. The molecule has 8 aromatic rings. The third kappa shape index (κ3) is 27.5. The number of rotatable bonds is 38. The van der Waals surface area contributed by atoms with Gasteiger partial charge in [-0.15, -0.1) is 23.2 Å². The summed E-state index contributed by atoms with van der Waals surface area (Å²) in [7, 11) is 0. The van der Waals surface area contributed by atoms with Crippen molar-refractivity contribution in [1.82, 2.24) is 9.97 Å². The number of fused-ring (bicyclic) bond motifs is 2. The molecule has 2 heterocycles. The first kappa shape index (κ1) is 82.8. The zero-order valence-electron chi connectivity index (χ0n) is 60.6. The number of aliphatic hydroxyl groups excluding tert-OH is 6. The Morgan fingerprint density at radius 1 is 0.486 bits per heavy atom. The van der Waals surface area contributed by atoms with Gasteiger partial charge in [0, 0.05) is 73.7 Å². The van der Waals surface area contributed by atoms with Crippen molar-refractivity contribution in [3.05, 3.63) is 251 Å². The highest BCUT2D eigenvalue weighted by atomic mass is 35.5. The van der Waals surface area contributed by atoms with E-state index in [1.807, 2.05) is 165 Å². The summed E-state index contributed by atoms with van der Waals surface area (Å²) in [5, 5.41) is 67.9. The average molecular weight is 1470 g/mol. The summed E-state index contributed by atoms with van der Waals surface area (Å²) in [5.74, 6) is -1.07. The number of ether oxygens (including phenoxy) is 2. The lowest BCUT2D eigenvalue weighted by Crippen LogP contribution is -2.23. The average Bonchev–Trinajstić information content (AvgIpc) is 1.83. The molecule has 560 valence electrons. The lowest BCUT2D eigenvalue weighted by molar-refractivity contribution is -0.145. The number of benzene rings is 6. The number of allylic oxidation sites excluding steroid dienone is 4. The molecule has 0 saturated heterocycles. The number of Topliss-reactive ketones (excluding diaryl/α,β-unsaturated/α-hetero) is 2. The van der Waals surface area contributed by atoms with E-state index >= 15 is 0 Å². The standard InChI is InChI=1S/C44H53NO6.C43H52N2O6.CH2Cl2/c1-2-38(41(47)27-33-16-20-36-29-45-25-24-35(36)26-33)34-18-14-32(15-19-34)30-51-44(50)13-9-4-3-8-12-39-40(43(49)28-42(39)48)23-22-37(46)21-17-31-10-6-5-7-11-31;44-27-39(40(47)25-32-14-18-35-28-45-23-22-34(35)24-32)33-16-12-31(13-17-33)29-51-43(50)11-7-2-1-6-10-37-38(42(49)26-41(37)48)21-20-36(46)19-15-30-8-4-3-5-9-30;2-1-3/h3,5-8,10-11,14-16,18-20,24-26,29,37-40,42-43,46,48-49H,2,4,9,12-13,17,21-23,27-28,30H2,1H3;1,3-6,8-9,12-14,16-18,22-24,28,36-39,41-42,46,48-49H,2,7,10-11,15,19-21,25-27,29,44H2;1H2/b8-3-;6-1-;/t37-,38?,39?,40+,42-,43+;36-,37?,38+,39?,41-,42+;/m00./s1. The maximum absolute atomic E-state index is 13.2. The molecule has 2 fully saturated rings. The Kier molecular flexibility index (Phi) is 35.5. The molecule has 0 aliphatic heterocycles. The number of hydrogen-bond donors (Lipinski definition) is 7. The minimum atomic E-state index is -0.561. The number of carbonyl (C=O) groups excluding carboxylic acids is 4. The number of nitrogens with zero attached hydrogens (tertiary/aromatic N) is 2. The number of aliphatic hydroxyl groups is 6. The largest absolute Gasteiger partial charge is 0.461 e. The maximum atomic E-state index is 13.2. The highest BCUT2D eigenvalue weighted by Crippen LogP contribution is 2.40. The van der Waals surface area contributed by atoms with Gasteiger partial charge in [-0.2, -0.15) is 0 Å². The normalized spacial score (nSPS) is 19.7. The second kappa shape index (κ2) is 45.0.